The minimum atomic E-state index is -0.160. The number of rotatable bonds is 5. The van der Waals surface area contributed by atoms with Crippen LogP contribution in [0.4, 0.5) is 0 Å². The first kappa shape index (κ1) is 19.7. The van der Waals surface area contributed by atoms with Crippen molar-refractivity contribution in [2.45, 2.75) is 12.5 Å². The maximum absolute atomic E-state index is 13.5. The number of benzene rings is 1. The molecular weight excluding hydrogens is 406 g/mol. The second kappa shape index (κ2) is 8.14. The van der Waals surface area contributed by atoms with Crippen molar-refractivity contribution in [1.82, 2.24) is 24.0 Å². The van der Waals surface area contributed by atoms with E-state index in [0.29, 0.717) is 42.2 Å². The highest BCUT2D eigenvalue weighted by atomic mass is 16.5. The smallest absolute Gasteiger partial charge is 0.334 e. The van der Waals surface area contributed by atoms with Gasteiger partial charge in [-0.3, -0.25) is 23.9 Å². The van der Waals surface area contributed by atoms with Crippen molar-refractivity contribution in [1.29, 1.82) is 0 Å². The van der Waals surface area contributed by atoms with Crippen LogP contribution in [-0.2, 0) is 4.79 Å². The van der Waals surface area contributed by atoms with Crippen LogP contribution in [0.2, 0.25) is 0 Å². The van der Waals surface area contributed by atoms with Gasteiger partial charge in [-0.1, -0.05) is 6.58 Å². The lowest BCUT2D eigenvalue weighted by Gasteiger charge is -2.15. The van der Waals surface area contributed by atoms with Crippen LogP contribution in [0.15, 0.2) is 84.7 Å². The van der Waals surface area contributed by atoms with Crippen LogP contribution in [0.25, 0.3) is 16.7 Å². The van der Waals surface area contributed by atoms with Crippen LogP contribution in [-0.4, -0.2) is 43.0 Å². The van der Waals surface area contributed by atoms with E-state index >= 15 is 0 Å². The summed E-state index contributed by atoms with van der Waals surface area (Å²) in [4.78, 5) is 35.5. The molecule has 0 bridgehead atoms. The van der Waals surface area contributed by atoms with E-state index in [1.165, 1.54) is 6.08 Å². The molecule has 1 aliphatic rings. The number of carbonyl (C=O) groups is 1. The average molecular weight is 427 g/mol. The maximum Gasteiger partial charge on any atom is 0.334 e. The van der Waals surface area contributed by atoms with Gasteiger partial charge < -0.3 is 9.64 Å². The van der Waals surface area contributed by atoms with Crippen LogP contribution in [0, 0.1) is 0 Å². The highest BCUT2D eigenvalue weighted by molar-refractivity contribution is 5.87. The summed E-state index contributed by atoms with van der Waals surface area (Å²) in [5, 5.41) is 0. The lowest BCUT2D eigenvalue weighted by molar-refractivity contribution is -0.125. The van der Waals surface area contributed by atoms with E-state index in [-0.39, 0.29) is 17.6 Å². The van der Waals surface area contributed by atoms with Gasteiger partial charge in [0.25, 0.3) is 0 Å². The molecule has 1 atom stereocenters. The number of amides is 1. The number of aromatic nitrogens is 4. The largest absolute Gasteiger partial charge is 0.456 e. The van der Waals surface area contributed by atoms with Gasteiger partial charge in [-0.05, 0) is 55.0 Å². The molecule has 1 aromatic carbocycles. The molecule has 0 N–H and O–H groups in total. The van der Waals surface area contributed by atoms with E-state index in [9.17, 15) is 9.59 Å². The predicted molar refractivity (Wildman–Crippen MR) is 120 cm³/mol. The third kappa shape index (κ3) is 3.45. The van der Waals surface area contributed by atoms with Crippen LogP contribution >= 0.6 is 0 Å². The number of ether oxygens (including phenoxy) is 1. The number of pyridine rings is 2. The second-order valence-electron chi connectivity index (χ2n) is 7.57. The summed E-state index contributed by atoms with van der Waals surface area (Å²) in [5.74, 6) is 1.17. The monoisotopic (exact) mass is 427 g/mol. The zero-order valence-electron chi connectivity index (χ0n) is 17.3. The SMILES string of the molecule is C=CC(=O)N1CC[C@@H](n2c(=O)n(-c3ccc(Oc4cccnc4)cc3)c3cnccc32)C1. The first-order chi connectivity index (χ1) is 15.7. The highest BCUT2D eigenvalue weighted by Gasteiger charge is 2.29. The van der Waals surface area contributed by atoms with Crippen LogP contribution in [0.3, 0.4) is 0 Å². The summed E-state index contributed by atoms with van der Waals surface area (Å²) in [7, 11) is 0. The van der Waals surface area contributed by atoms with E-state index < -0.39 is 0 Å². The lowest BCUT2D eigenvalue weighted by atomic mass is 10.2. The third-order valence-corrected chi connectivity index (χ3v) is 5.66. The number of likely N-dealkylation sites (tertiary alicyclic amines) is 1. The van der Waals surface area contributed by atoms with Crippen molar-refractivity contribution >= 4 is 16.9 Å². The van der Waals surface area contributed by atoms with E-state index in [2.05, 4.69) is 16.5 Å². The van der Waals surface area contributed by atoms with E-state index in [4.69, 9.17) is 4.74 Å². The molecular formula is C24H21N5O3. The predicted octanol–water partition coefficient (Wildman–Crippen LogP) is 3.33. The molecule has 0 unspecified atom stereocenters. The Morgan fingerprint density at radius 3 is 2.59 bits per heavy atom. The van der Waals surface area contributed by atoms with E-state index in [1.54, 1.807) is 44.9 Å². The van der Waals surface area contributed by atoms with Crippen molar-refractivity contribution in [3.8, 4) is 17.2 Å². The normalized spacial score (nSPS) is 15.8. The van der Waals surface area contributed by atoms with Crippen LogP contribution in [0.1, 0.15) is 12.5 Å². The van der Waals surface area contributed by atoms with Gasteiger partial charge in [-0.25, -0.2) is 4.79 Å². The van der Waals surface area contributed by atoms with Gasteiger partial charge in [-0.15, -0.1) is 0 Å². The Bertz CT molecular complexity index is 1340. The summed E-state index contributed by atoms with van der Waals surface area (Å²) in [6.45, 7) is 4.64. The zero-order chi connectivity index (χ0) is 22.1. The summed E-state index contributed by atoms with van der Waals surface area (Å²) in [6.07, 6.45) is 8.71. The fourth-order valence-electron chi connectivity index (χ4n) is 4.16. The molecule has 4 heterocycles. The van der Waals surface area contributed by atoms with E-state index in [0.717, 1.165) is 5.52 Å². The quantitative estimate of drug-likeness (QED) is 0.456. The Hall–Kier alpha value is -4.20. The maximum atomic E-state index is 13.5. The molecule has 3 aromatic heterocycles. The van der Waals surface area contributed by atoms with Crippen molar-refractivity contribution in [2.75, 3.05) is 13.1 Å². The average Bonchev–Trinajstić information content (AvgIpc) is 3.42. The summed E-state index contributed by atoms with van der Waals surface area (Å²) in [5.41, 5.74) is 2.06. The Balaban J connectivity index is 1.51. The van der Waals surface area contributed by atoms with Gasteiger partial charge in [0, 0.05) is 25.5 Å². The van der Waals surface area contributed by atoms with Gasteiger partial charge >= 0.3 is 5.69 Å². The van der Waals surface area contributed by atoms with Crippen molar-refractivity contribution in [3.05, 3.63) is 90.4 Å². The van der Waals surface area contributed by atoms with Gasteiger partial charge in [0.15, 0.2) is 0 Å². The number of imidazole rings is 1. The number of carbonyl (C=O) groups excluding carboxylic acids is 1. The van der Waals surface area contributed by atoms with Gasteiger partial charge in [0.2, 0.25) is 5.91 Å². The molecule has 0 saturated carbocycles. The molecule has 0 radical (unpaired) electrons. The van der Waals surface area contributed by atoms with Gasteiger partial charge in [0.05, 0.1) is 35.2 Å². The first-order valence-electron chi connectivity index (χ1n) is 10.3. The van der Waals surface area contributed by atoms with Crippen molar-refractivity contribution < 1.29 is 9.53 Å². The van der Waals surface area contributed by atoms with Gasteiger partial charge in [-0.2, -0.15) is 0 Å². The van der Waals surface area contributed by atoms with Crippen molar-refractivity contribution in [3.63, 3.8) is 0 Å². The van der Waals surface area contributed by atoms with Crippen LogP contribution < -0.4 is 10.4 Å². The molecule has 160 valence electrons. The third-order valence-electron chi connectivity index (χ3n) is 5.66. The summed E-state index contributed by atoms with van der Waals surface area (Å²) >= 11 is 0. The minimum Gasteiger partial charge on any atom is -0.456 e. The molecule has 1 aliphatic heterocycles. The number of fused-ring (bicyclic) bond motifs is 1. The molecule has 1 saturated heterocycles. The molecule has 5 rings (SSSR count). The topological polar surface area (TPSA) is 82.2 Å². The fourth-order valence-corrected chi connectivity index (χ4v) is 4.16. The molecule has 0 spiro atoms. The number of hydrogen-bond donors (Lipinski definition) is 0. The summed E-state index contributed by atoms with van der Waals surface area (Å²) in [6, 6.07) is 12.7. The Morgan fingerprint density at radius 2 is 1.84 bits per heavy atom. The Morgan fingerprint density at radius 1 is 1.03 bits per heavy atom. The fraction of sp³-hybridized carbons (Fsp3) is 0.167. The Kier molecular flexibility index (Phi) is 5.03. The van der Waals surface area contributed by atoms with Gasteiger partial charge in [0.1, 0.15) is 11.5 Å². The van der Waals surface area contributed by atoms with Crippen LogP contribution in [0.5, 0.6) is 11.5 Å². The first-order valence-corrected chi connectivity index (χ1v) is 10.3. The second-order valence-corrected chi connectivity index (χ2v) is 7.57. The number of hydrogen-bond acceptors (Lipinski definition) is 5. The standard InChI is InChI=1S/C24H21N5O3/c1-2-23(30)27-13-10-18(16-27)29-21-9-12-26-15-22(21)28(24(29)31)17-5-7-19(8-6-17)32-20-4-3-11-25-14-20/h2-9,11-12,14-15,18H,1,10,13,16H2/t18-/m1/s1. The Labute approximate surface area is 184 Å². The molecule has 0 aliphatic carbocycles. The van der Waals surface area contributed by atoms with E-state index in [1.807, 2.05) is 36.4 Å². The molecule has 4 aromatic rings. The molecule has 1 amide bonds. The highest BCUT2D eigenvalue weighted by Crippen LogP contribution is 2.27. The molecule has 8 heteroatoms. The molecule has 1 fully saturated rings. The molecule has 8 nitrogen and oxygen atoms in total. The number of nitrogens with zero attached hydrogens (tertiary/aromatic N) is 5. The lowest BCUT2D eigenvalue weighted by Crippen LogP contribution is -2.31. The molecule has 32 heavy (non-hydrogen) atoms. The summed E-state index contributed by atoms with van der Waals surface area (Å²) < 4.78 is 9.22. The van der Waals surface area contributed by atoms with Crippen molar-refractivity contribution in [2.24, 2.45) is 0 Å². The minimum absolute atomic E-state index is 0.106. The zero-order valence-corrected chi connectivity index (χ0v) is 17.3.